The number of para-hydroxylation sites is 1. The zero-order valence-corrected chi connectivity index (χ0v) is 20.0. The summed E-state index contributed by atoms with van der Waals surface area (Å²) < 4.78 is 7.62. The summed E-state index contributed by atoms with van der Waals surface area (Å²) in [6.07, 6.45) is 1.68. The predicted molar refractivity (Wildman–Crippen MR) is 142 cm³/mol. The summed E-state index contributed by atoms with van der Waals surface area (Å²) in [5.74, 6) is 0.142. The zero-order valence-electron chi connectivity index (χ0n) is 20.0. The molecule has 1 aromatic heterocycles. The number of rotatable bonds is 6. The van der Waals surface area contributed by atoms with Gasteiger partial charge in [-0.15, -0.1) is 0 Å². The van der Waals surface area contributed by atoms with E-state index in [1.54, 1.807) is 13.3 Å². The molecule has 176 valence electrons. The second-order valence-corrected chi connectivity index (χ2v) is 8.47. The summed E-state index contributed by atoms with van der Waals surface area (Å²) >= 11 is 0. The van der Waals surface area contributed by atoms with Gasteiger partial charge in [-0.3, -0.25) is 4.79 Å². The molecule has 5 rings (SSSR count). The summed E-state index contributed by atoms with van der Waals surface area (Å²) in [5.41, 5.74) is 7.61. The highest BCUT2D eigenvalue weighted by atomic mass is 16.5. The molecule has 5 aromatic rings. The molecule has 1 amide bonds. The normalized spacial score (nSPS) is 11.1. The first kappa shape index (κ1) is 22.9. The number of methoxy groups -OCH3 is 1. The minimum absolute atomic E-state index is 0.349. The van der Waals surface area contributed by atoms with Crippen molar-refractivity contribution in [2.45, 2.75) is 13.5 Å². The average Bonchev–Trinajstić information content (AvgIpc) is 3.18. The van der Waals surface area contributed by atoms with Gasteiger partial charge in [0.15, 0.2) is 0 Å². The van der Waals surface area contributed by atoms with Crippen molar-refractivity contribution in [3.63, 3.8) is 0 Å². The van der Waals surface area contributed by atoms with E-state index in [0.29, 0.717) is 23.4 Å². The third-order valence-corrected chi connectivity index (χ3v) is 6.42. The maximum Gasteiger partial charge on any atom is 0.275 e. The number of hydrazone groups is 1. The van der Waals surface area contributed by atoms with Gasteiger partial charge in [0.05, 0.1) is 30.5 Å². The summed E-state index contributed by atoms with van der Waals surface area (Å²) in [7, 11) is 1.55. The average molecular weight is 473 g/mol. The van der Waals surface area contributed by atoms with Gasteiger partial charge < -0.3 is 9.30 Å². The van der Waals surface area contributed by atoms with Gasteiger partial charge in [0, 0.05) is 28.7 Å². The predicted octanol–water partition coefficient (Wildman–Crippen LogP) is 5.80. The Morgan fingerprint density at radius 1 is 1.03 bits per heavy atom. The van der Waals surface area contributed by atoms with Crippen molar-refractivity contribution in [3.05, 3.63) is 113 Å². The fraction of sp³-hybridized carbons (Fsp3) is 0.100. The maximum absolute atomic E-state index is 13.0. The third-order valence-electron chi connectivity index (χ3n) is 6.42. The Balaban J connectivity index is 1.46. The first-order chi connectivity index (χ1) is 17.6. The molecule has 6 nitrogen and oxygen atoms in total. The Kier molecular flexibility index (Phi) is 6.21. The molecule has 0 aliphatic rings. The van der Waals surface area contributed by atoms with E-state index in [4.69, 9.17) is 4.74 Å². The molecular formula is C30H24N4O2. The lowest BCUT2D eigenvalue weighted by Gasteiger charge is -2.10. The van der Waals surface area contributed by atoms with E-state index in [1.165, 1.54) is 0 Å². The Morgan fingerprint density at radius 2 is 1.72 bits per heavy atom. The molecule has 1 N–H and O–H groups in total. The van der Waals surface area contributed by atoms with Crippen molar-refractivity contribution in [3.8, 4) is 11.8 Å². The molecule has 0 fully saturated rings. The molecule has 0 unspecified atom stereocenters. The summed E-state index contributed by atoms with van der Waals surface area (Å²) in [6.45, 7) is 2.58. The molecule has 0 radical (unpaired) electrons. The number of nitrogens with zero attached hydrogens (tertiary/aromatic N) is 3. The molecule has 36 heavy (non-hydrogen) atoms. The van der Waals surface area contributed by atoms with E-state index in [-0.39, 0.29) is 5.91 Å². The van der Waals surface area contributed by atoms with Crippen molar-refractivity contribution < 1.29 is 9.53 Å². The number of hydrogen-bond acceptors (Lipinski definition) is 4. The van der Waals surface area contributed by atoms with Crippen LogP contribution in [0.3, 0.4) is 0 Å². The fourth-order valence-corrected chi connectivity index (χ4v) is 4.54. The molecule has 0 aliphatic carbocycles. The first-order valence-electron chi connectivity index (χ1n) is 11.6. The van der Waals surface area contributed by atoms with E-state index in [9.17, 15) is 10.1 Å². The van der Waals surface area contributed by atoms with Crippen molar-refractivity contribution in [2.75, 3.05) is 7.11 Å². The number of carbonyl (C=O) groups is 1. The lowest BCUT2D eigenvalue weighted by molar-refractivity contribution is 0.0952. The Labute approximate surface area is 209 Å². The van der Waals surface area contributed by atoms with Crippen LogP contribution in [-0.2, 0) is 6.54 Å². The summed E-state index contributed by atoms with van der Waals surface area (Å²) in [4.78, 5) is 13.0. The van der Waals surface area contributed by atoms with E-state index in [2.05, 4.69) is 21.2 Å². The monoisotopic (exact) mass is 472 g/mol. The van der Waals surface area contributed by atoms with E-state index >= 15 is 0 Å². The van der Waals surface area contributed by atoms with Gasteiger partial charge in [0.25, 0.3) is 5.91 Å². The lowest BCUT2D eigenvalue weighted by Crippen LogP contribution is -2.18. The standard InChI is InChI=1S/C30H24N4O2/c1-20-27(18-32-33-30(35)26-15-21-9-3-4-10-22(21)16-29(26)36-2)25-13-7-8-14-28(25)34(20)19-24-12-6-5-11-23(24)17-31/h3-16,18H,19H2,1-2H3,(H,33,35). The number of ether oxygens (including phenoxy) is 1. The van der Waals surface area contributed by atoms with Gasteiger partial charge in [-0.05, 0) is 47.5 Å². The molecule has 0 aliphatic heterocycles. The Morgan fingerprint density at radius 3 is 2.50 bits per heavy atom. The van der Waals surface area contributed by atoms with Crippen LogP contribution in [0.25, 0.3) is 21.7 Å². The maximum atomic E-state index is 13.0. The van der Waals surface area contributed by atoms with Crippen LogP contribution >= 0.6 is 0 Å². The van der Waals surface area contributed by atoms with Crippen LogP contribution in [0.4, 0.5) is 0 Å². The SMILES string of the molecule is COc1cc2ccccc2cc1C(=O)NN=Cc1c(C)n(Cc2ccccc2C#N)c2ccccc12. The molecular weight excluding hydrogens is 448 g/mol. The van der Waals surface area contributed by atoms with Gasteiger partial charge >= 0.3 is 0 Å². The van der Waals surface area contributed by atoms with Crippen molar-refractivity contribution in [1.29, 1.82) is 5.26 Å². The van der Waals surface area contributed by atoms with E-state index < -0.39 is 0 Å². The molecule has 0 bridgehead atoms. The zero-order chi connectivity index (χ0) is 25.1. The third kappa shape index (κ3) is 4.19. The van der Waals surface area contributed by atoms with Crippen LogP contribution < -0.4 is 10.2 Å². The van der Waals surface area contributed by atoms with Gasteiger partial charge in [0.1, 0.15) is 5.75 Å². The van der Waals surface area contributed by atoms with Gasteiger partial charge in [-0.25, -0.2) is 5.43 Å². The molecule has 6 heteroatoms. The van der Waals surface area contributed by atoms with E-state index in [0.717, 1.165) is 38.5 Å². The van der Waals surface area contributed by atoms with Crippen LogP contribution in [0.2, 0.25) is 0 Å². The van der Waals surface area contributed by atoms with Gasteiger partial charge in [-0.2, -0.15) is 10.4 Å². The van der Waals surface area contributed by atoms with Crippen molar-refractivity contribution >= 4 is 33.8 Å². The smallest absolute Gasteiger partial charge is 0.275 e. The molecule has 4 aromatic carbocycles. The number of benzene rings is 4. The van der Waals surface area contributed by atoms with Crippen LogP contribution in [-0.4, -0.2) is 23.8 Å². The number of nitrogens with one attached hydrogen (secondary N) is 1. The fourth-order valence-electron chi connectivity index (χ4n) is 4.54. The quantitative estimate of drug-likeness (QED) is 0.251. The van der Waals surface area contributed by atoms with Crippen LogP contribution in [0, 0.1) is 18.3 Å². The largest absolute Gasteiger partial charge is 0.496 e. The number of hydrogen-bond donors (Lipinski definition) is 1. The van der Waals surface area contributed by atoms with Crippen LogP contribution in [0.1, 0.15) is 32.7 Å². The highest BCUT2D eigenvalue weighted by molar-refractivity contribution is 6.04. The highest BCUT2D eigenvalue weighted by Crippen LogP contribution is 2.27. The van der Waals surface area contributed by atoms with Crippen molar-refractivity contribution in [1.82, 2.24) is 9.99 Å². The summed E-state index contributed by atoms with van der Waals surface area (Å²) in [5, 5.41) is 16.8. The summed E-state index contributed by atoms with van der Waals surface area (Å²) in [6, 6.07) is 29.4. The Bertz CT molecular complexity index is 1670. The Hall–Kier alpha value is -4.89. The highest BCUT2D eigenvalue weighted by Gasteiger charge is 2.16. The number of carbonyl (C=O) groups excluding carboxylic acids is 1. The second kappa shape index (κ2) is 9.77. The van der Waals surface area contributed by atoms with Crippen LogP contribution in [0.15, 0.2) is 90.0 Å². The molecule has 0 saturated carbocycles. The lowest BCUT2D eigenvalue weighted by atomic mass is 10.1. The number of fused-ring (bicyclic) bond motifs is 2. The minimum Gasteiger partial charge on any atom is -0.496 e. The number of aromatic nitrogens is 1. The van der Waals surface area contributed by atoms with Crippen molar-refractivity contribution in [2.24, 2.45) is 5.10 Å². The second-order valence-electron chi connectivity index (χ2n) is 8.47. The molecule has 0 atom stereocenters. The molecule has 0 saturated heterocycles. The first-order valence-corrected chi connectivity index (χ1v) is 11.6. The number of nitriles is 1. The van der Waals surface area contributed by atoms with Crippen LogP contribution in [0.5, 0.6) is 5.75 Å². The van der Waals surface area contributed by atoms with E-state index in [1.807, 2.05) is 91.9 Å². The molecule has 1 heterocycles. The number of amides is 1. The van der Waals surface area contributed by atoms with Gasteiger partial charge in [0.2, 0.25) is 0 Å². The molecule has 0 spiro atoms. The minimum atomic E-state index is -0.349. The van der Waals surface area contributed by atoms with Gasteiger partial charge in [-0.1, -0.05) is 60.7 Å². The topological polar surface area (TPSA) is 79.4 Å².